The number of rotatable bonds is 6. The molecule has 0 radical (unpaired) electrons. The van der Waals surface area contributed by atoms with Crippen LogP contribution in [0.25, 0.3) is 0 Å². The van der Waals surface area contributed by atoms with Crippen LogP contribution in [0.3, 0.4) is 0 Å². The summed E-state index contributed by atoms with van der Waals surface area (Å²) in [6.45, 7) is 6.91. The van der Waals surface area contributed by atoms with E-state index in [4.69, 9.17) is 4.74 Å². The van der Waals surface area contributed by atoms with Crippen LogP contribution in [0, 0.1) is 0 Å². The highest BCUT2D eigenvalue weighted by atomic mass is 16.5. The van der Waals surface area contributed by atoms with Gasteiger partial charge < -0.3 is 14.5 Å². The molecule has 2 aromatic carbocycles. The number of nitrogens with zero attached hydrogens (tertiary/aromatic N) is 2. The van der Waals surface area contributed by atoms with Crippen molar-refractivity contribution >= 4 is 23.3 Å². The number of carbonyl (C=O) groups is 3. The molecule has 1 heterocycles. The fourth-order valence-electron chi connectivity index (χ4n) is 3.27. The fourth-order valence-corrected chi connectivity index (χ4v) is 3.27. The molecule has 0 aliphatic carbocycles. The third-order valence-corrected chi connectivity index (χ3v) is 4.87. The predicted octanol–water partition coefficient (Wildman–Crippen LogP) is 3.30. The molecule has 0 spiro atoms. The van der Waals surface area contributed by atoms with Crippen molar-refractivity contribution in [2.45, 2.75) is 27.3 Å². The molecule has 6 heteroatoms. The van der Waals surface area contributed by atoms with Crippen molar-refractivity contribution in [3.8, 4) is 5.75 Å². The van der Waals surface area contributed by atoms with Crippen LogP contribution in [0.4, 0.5) is 5.69 Å². The van der Waals surface area contributed by atoms with Crippen LogP contribution >= 0.6 is 0 Å². The van der Waals surface area contributed by atoms with E-state index in [-0.39, 0.29) is 24.2 Å². The fraction of sp³-hybridized carbons (Fsp3) is 0.318. The highest BCUT2D eigenvalue weighted by Gasteiger charge is 2.26. The zero-order valence-corrected chi connectivity index (χ0v) is 16.4. The highest BCUT2D eigenvalue weighted by molar-refractivity contribution is 6.01. The first-order valence-corrected chi connectivity index (χ1v) is 9.41. The zero-order valence-electron chi connectivity index (χ0n) is 16.4. The summed E-state index contributed by atoms with van der Waals surface area (Å²) < 4.78 is 5.50. The lowest BCUT2D eigenvalue weighted by Crippen LogP contribution is -2.38. The predicted molar refractivity (Wildman–Crippen MR) is 107 cm³/mol. The van der Waals surface area contributed by atoms with Gasteiger partial charge in [0.1, 0.15) is 5.75 Å². The monoisotopic (exact) mass is 380 g/mol. The van der Waals surface area contributed by atoms with Crippen LogP contribution in [0.5, 0.6) is 5.75 Å². The zero-order chi connectivity index (χ0) is 20.3. The Labute approximate surface area is 164 Å². The van der Waals surface area contributed by atoms with Gasteiger partial charge in [-0.25, -0.2) is 0 Å². The maximum Gasteiger partial charge on any atom is 0.265 e. The molecule has 1 aliphatic rings. The van der Waals surface area contributed by atoms with Crippen LogP contribution in [0.1, 0.15) is 47.1 Å². The number of carbonyl (C=O) groups excluding carboxylic acids is 3. The van der Waals surface area contributed by atoms with Gasteiger partial charge in [0.05, 0.1) is 12.2 Å². The Morgan fingerprint density at radius 2 is 1.82 bits per heavy atom. The first-order valence-electron chi connectivity index (χ1n) is 9.41. The Morgan fingerprint density at radius 1 is 1.07 bits per heavy atom. The van der Waals surface area contributed by atoms with E-state index in [2.05, 4.69) is 0 Å². The Kier molecular flexibility index (Phi) is 5.78. The Bertz CT molecular complexity index is 919. The molecule has 0 atom stereocenters. The van der Waals surface area contributed by atoms with Crippen LogP contribution < -0.4 is 9.64 Å². The standard InChI is InChI=1S/C22H24N2O4/c1-4-23(5-2)22(27)18-8-6-7-16(11-18)13-24-19-12-17(15(3)25)9-10-20(19)28-14-21(24)26/h6-12H,4-5,13-14H2,1-3H3. The van der Waals surface area contributed by atoms with Crippen molar-refractivity contribution in [3.63, 3.8) is 0 Å². The van der Waals surface area contributed by atoms with Crippen molar-refractivity contribution in [3.05, 3.63) is 59.2 Å². The van der Waals surface area contributed by atoms with E-state index in [1.165, 1.54) is 6.92 Å². The van der Waals surface area contributed by atoms with E-state index in [1.54, 1.807) is 34.1 Å². The summed E-state index contributed by atoms with van der Waals surface area (Å²) >= 11 is 0. The van der Waals surface area contributed by atoms with Crippen LogP contribution in [0.2, 0.25) is 0 Å². The summed E-state index contributed by atoms with van der Waals surface area (Å²) in [4.78, 5) is 40.2. The number of hydrogen-bond acceptors (Lipinski definition) is 4. The van der Waals surface area contributed by atoms with E-state index < -0.39 is 0 Å². The van der Waals surface area contributed by atoms with Gasteiger partial charge in [-0.3, -0.25) is 14.4 Å². The van der Waals surface area contributed by atoms with Gasteiger partial charge in [0.2, 0.25) is 0 Å². The Morgan fingerprint density at radius 3 is 2.50 bits per heavy atom. The maximum atomic E-state index is 12.6. The molecule has 2 aromatic rings. The van der Waals surface area contributed by atoms with Crippen molar-refractivity contribution < 1.29 is 19.1 Å². The molecule has 146 valence electrons. The number of Topliss-reactive ketones (excluding diaryl/α,β-unsaturated/α-hetero) is 1. The van der Waals surface area contributed by atoms with E-state index in [1.807, 2.05) is 32.0 Å². The average Bonchev–Trinajstić information content (AvgIpc) is 2.70. The molecule has 2 amide bonds. The lowest BCUT2D eigenvalue weighted by Gasteiger charge is -2.30. The summed E-state index contributed by atoms with van der Waals surface area (Å²) in [6, 6.07) is 12.4. The van der Waals surface area contributed by atoms with Gasteiger partial charge in [-0.2, -0.15) is 0 Å². The number of ketones is 1. The largest absolute Gasteiger partial charge is 0.482 e. The van der Waals surface area contributed by atoms with Gasteiger partial charge >= 0.3 is 0 Å². The highest BCUT2D eigenvalue weighted by Crippen LogP contribution is 2.34. The molecule has 1 aliphatic heterocycles. The number of anilines is 1. The topological polar surface area (TPSA) is 66.9 Å². The van der Waals surface area contributed by atoms with Crippen molar-refractivity contribution in [2.24, 2.45) is 0 Å². The van der Waals surface area contributed by atoms with Gasteiger partial charge in [0.15, 0.2) is 12.4 Å². The number of amides is 2. The maximum absolute atomic E-state index is 12.6. The second-order valence-corrected chi connectivity index (χ2v) is 6.69. The van der Waals surface area contributed by atoms with Crippen LogP contribution in [0.15, 0.2) is 42.5 Å². The van der Waals surface area contributed by atoms with Crippen molar-refractivity contribution in [1.82, 2.24) is 4.90 Å². The molecule has 0 bridgehead atoms. The molecule has 3 rings (SSSR count). The minimum Gasteiger partial charge on any atom is -0.482 e. The van der Waals surface area contributed by atoms with Gasteiger partial charge in [0.25, 0.3) is 11.8 Å². The summed E-state index contributed by atoms with van der Waals surface area (Å²) in [6.07, 6.45) is 0. The quantitative estimate of drug-likeness (QED) is 0.721. The average molecular weight is 380 g/mol. The number of fused-ring (bicyclic) bond motifs is 1. The third-order valence-electron chi connectivity index (χ3n) is 4.87. The Hall–Kier alpha value is -3.15. The summed E-state index contributed by atoms with van der Waals surface area (Å²) in [5.41, 5.74) is 2.53. The first kappa shape index (κ1) is 19.6. The molecule has 0 saturated carbocycles. The molecule has 0 saturated heterocycles. The van der Waals surface area contributed by atoms with Gasteiger partial charge in [0, 0.05) is 24.2 Å². The third kappa shape index (κ3) is 3.91. The minimum absolute atomic E-state index is 0.0283. The first-order chi connectivity index (χ1) is 13.4. The summed E-state index contributed by atoms with van der Waals surface area (Å²) in [5.74, 6) is 0.278. The Balaban J connectivity index is 1.91. The number of benzene rings is 2. The van der Waals surface area contributed by atoms with E-state index >= 15 is 0 Å². The smallest absolute Gasteiger partial charge is 0.265 e. The molecule has 0 unspecified atom stereocenters. The molecule has 0 N–H and O–H groups in total. The van der Waals surface area contributed by atoms with Gasteiger partial charge in [-0.05, 0) is 56.7 Å². The molecule has 6 nitrogen and oxygen atoms in total. The SMILES string of the molecule is CCN(CC)C(=O)c1cccc(CN2C(=O)COc3ccc(C(C)=O)cc32)c1. The van der Waals surface area contributed by atoms with Gasteiger partial charge in [-0.15, -0.1) is 0 Å². The van der Waals surface area contributed by atoms with Crippen molar-refractivity contribution in [2.75, 3.05) is 24.6 Å². The summed E-state index contributed by atoms with van der Waals surface area (Å²) in [5, 5.41) is 0. The molecule has 0 fully saturated rings. The van der Waals surface area contributed by atoms with Crippen molar-refractivity contribution in [1.29, 1.82) is 0 Å². The molecule has 28 heavy (non-hydrogen) atoms. The molecular formula is C22H24N2O4. The van der Waals surface area contributed by atoms with Crippen LogP contribution in [-0.2, 0) is 11.3 Å². The number of ether oxygens (including phenoxy) is 1. The second-order valence-electron chi connectivity index (χ2n) is 6.69. The molecular weight excluding hydrogens is 356 g/mol. The lowest BCUT2D eigenvalue weighted by molar-refractivity contribution is -0.121. The van der Waals surface area contributed by atoms with Crippen LogP contribution in [-0.4, -0.2) is 42.2 Å². The summed E-state index contributed by atoms with van der Waals surface area (Å²) in [7, 11) is 0. The molecule has 0 aromatic heterocycles. The minimum atomic E-state index is -0.186. The van der Waals surface area contributed by atoms with E-state index in [0.29, 0.717) is 42.2 Å². The number of hydrogen-bond donors (Lipinski definition) is 0. The normalized spacial score (nSPS) is 13.0. The lowest BCUT2D eigenvalue weighted by atomic mass is 10.1. The second kappa shape index (κ2) is 8.25. The van der Waals surface area contributed by atoms with Gasteiger partial charge in [-0.1, -0.05) is 12.1 Å². The van der Waals surface area contributed by atoms with E-state index in [0.717, 1.165) is 5.56 Å². The van der Waals surface area contributed by atoms with E-state index in [9.17, 15) is 14.4 Å².